The summed E-state index contributed by atoms with van der Waals surface area (Å²) in [5.41, 5.74) is 2.30. The summed E-state index contributed by atoms with van der Waals surface area (Å²) in [5, 5.41) is 12.0. The highest BCUT2D eigenvalue weighted by Crippen LogP contribution is 2.15. The Morgan fingerprint density at radius 2 is 1.61 bits per heavy atom. The van der Waals surface area contributed by atoms with E-state index in [1.165, 1.54) is 0 Å². The van der Waals surface area contributed by atoms with Gasteiger partial charge in [-0.1, -0.05) is 42.5 Å². The molecule has 1 amide bonds. The highest BCUT2D eigenvalue weighted by Gasteiger charge is 2.06. The zero-order valence-electron chi connectivity index (χ0n) is 12.3. The van der Waals surface area contributed by atoms with E-state index in [9.17, 15) is 9.90 Å². The van der Waals surface area contributed by atoms with E-state index >= 15 is 0 Å². The second-order valence-electron chi connectivity index (χ2n) is 5.05. The van der Waals surface area contributed by atoms with Gasteiger partial charge in [-0.3, -0.25) is 4.79 Å². The number of carbonyl (C=O) groups excluding carboxylic acids is 1. The third-order valence-corrected chi connectivity index (χ3v) is 3.27. The fraction of sp³-hybridized carbons (Fsp3) is 0.0556. The summed E-state index contributed by atoms with van der Waals surface area (Å²) in [5.74, 6) is 0.632. The number of hydrogen-bond donors (Lipinski definition) is 2. The van der Waals surface area contributed by atoms with Crippen molar-refractivity contribution in [2.45, 2.75) is 6.42 Å². The Hall–Kier alpha value is -3.21. The minimum Gasteiger partial charge on any atom is -0.508 e. The number of amides is 1. The van der Waals surface area contributed by atoms with Gasteiger partial charge >= 0.3 is 0 Å². The number of nitrogens with one attached hydrogen (secondary N) is 1. The molecule has 5 heteroatoms. The van der Waals surface area contributed by atoms with Crippen molar-refractivity contribution in [2.24, 2.45) is 0 Å². The first-order valence-electron chi connectivity index (χ1n) is 7.16. The highest BCUT2D eigenvalue weighted by molar-refractivity contribution is 5.92. The van der Waals surface area contributed by atoms with Crippen molar-refractivity contribution >= 4 is 11.6 Å². The van der Waals surface area contributed by atoms with Gasteiger partial charge in [0.15, 0.2) is 5.82 Å². The molecule has 0 unspecified atom stereocenters. The van der Waals surface area contributed by atoms with E-state index in [2.05, 4.69) is 15.3 Å². The lowest BCUT2D eigenvalue weighted by Crippen LogP contribution is -2.14. The van der Waals surface area contributed by atoms with Crippen molar-refractivity contribution in [3.05, 3.63) is 72.6 Å². The van der Waals surface area contributed by atoms with E-state index in [1.807, 2.05) is 30.3 Å². The normalized spacial score (nSPS) is 10.3. The van der Waals surface area contributed by atoms with Gasteiger partial charge in [0.25, 0.3) is 0 Å². The maximum atomic E-state index is 12.0. The number of aromatic hydroxyl groups is 1. The topological polar surface area (TPSA) is 75.1 Å². The molecule has 0 saturated heterocycles. The smallest absolute Gasteiger partial charge is 0.228 e. The Kier molecular flexibility index (Phi) is 4.29. The van der Waals surface area contributed by atoms with Gasteiger partial charge in [-0.2, -0.15) is 0 Å². The number of benzene rings is 2. The fourth-order valence-corrected chi connectivity index (χ4v) is 2.13. The second-order valence-corrected chi connectivity index (χ2v) is 5.05. The summed E-state index contributed by atoms with van der Waals surface area (Å²) in [4.78, 5) is 20.5. The number of aromatic nitrogens is 2. The molecule has 114 valence electrons. The van der Waals surface area contributed by atoms with Crippen LogP contribution in [0.2, 0.25) is 0 Å². The fourth-order valence-electron chi connectivity index (χ4n) is 2.13. The molecular formula is C18H15N3O2. The molecule has 2 N–H and O–H groups in total. The number of nitrogens with zero attached hydrogens (tertiary/aromatic N) is 2. The van der Waals surface area contributed by atoms with Crippen molar-refractivity contribution in [2.75, 3.05) is 5.32 Å². The zero-order valence-corrected chi connectivity index (χ0v) is 12.3. The van der Waals surface area contributed by atoms with E-state index in [0.29, 0.717) is 11.5 Å². The minimum atomic E-state index is -0.160. The molecule has 0 saturated carbocycles. The maximum Gasteiger partial charge on any atom is 0.228 e. The van der Waals surface area contributed by atoms with Crippen LogP contribution < -0.4 is 5.32 Å². The summed E-state index contributed by atoms with van der Waals surface area (Å²) in [7, 11) is 0. The van der Waals surface area contributed by atoms with Gasteiger partial charge in [0, 0.05) is 5.56 Å². The molecule has 3 rings (SSSR count). The molecule has 5 nitrogen and oxygen atoms in total. The average Bonchev–Trinajstić information content (AvgIpc) is 2.58. The summed E-state index contributed by atoms with van der Waals surface area (Å²) in [6.07, 6.45) is 3.40. The molecule has 0 aliphatic rings. The van der Waals surface area contributed by atoms with Gasteiger partial charge in [-0.05, 0) is 17.7 Å². The van der Waals surface area contributed by atoms with E-state index in [-0.39, 0.29) is 18.1 Å². The maximum absolute atomic E-state index is 12.0. The molecule has 3 aromatic rings. The molecule has 0 spiro atoms. The lowest BCUT2D eigenvalue weighted by Gasteiger charge is -2.06. The molecule has 0 radical (unpaired) electrons. The van der Waals surface area contributed by atoms with Gasteiger partial charge in [0.2, 0.25) is 5.91 Å². The Morgan fingerprint density at radius 3 is 2.26 bits per heavy atom. The van der Waals surface area contributed by atoms with Crippen LogP contribution in [-0.4, -0.2) is 21.0 Å². The van der Waals surface area contributed by atoms with Crippen LogP contribution in [0.25, 0.3) is 11.4 Å². The van der Waals surface area contributed by atoms with Gasteiger partial charge in [-0.25, -0.2) is 9.97 Å². The third-order valence-electron chi connectivity index (χ3n) is 3.27. The van der Waals surface area contributed by atoms with Gasteiger partial charge < -0.3 is 10.4 Å². The Labute approximate surface area is 133 Å². The monoisotopic (exact) mass is 305 g/mol. The van der Waals surface area contributed by atoms with Gasteiger partial charge in [-0.15, -0.1) is 0 Å². The zero-order chi connectivity index (χ0) is 16.1. The summed E-state index contributed by atoms with van der Waals surface area (Å²) < 4.78 is 0. The van der Waals surface area contributed by atoms with Crippen molar-refractivity contribution in [1.29, 1.82) is 0 Å². The Morgan fingerprint density at radius 1 is 0.957 bits per heavy atom. The van der Waals surface area contributed by atoms with E-state index in [0.717, 1.165) is 11.1 Å². The van der Waals surface area contributed by atoms with Crippen LogP contribution in [0.3, 0.4) is 0 Å². The van der Waals surface area contributed by atoms with Gasteiger partial charge in [0.1, 0.15) is 5.75 Å². The average molecular weight is 305 g/mol. The quantitative estimate of drug-likeness (QED) is 0.777. The molecule has 1 heterocycles. The summed E-state index contributed by atoms with van der Waals surface area (Å²) in [6.45, 7) is 0. The lowest BCUT2D eigenvalue weighted by molar-refractivity contribution is -0.115. The summed E-state index contributed by atoms with van der Waals surface area (Å²) >= 11 is 0. The molecule has 0 atom stereocenters. The first-order valence-corrected chi connectivity index (χ1v) is 7.16. The SMILES string of the molecule is O=C(Cc1ccc(O)cc1)Nc1cnc(-c2ccccc2)nc1. The summed E-state index contributed by atoms with van der Waals surface area (Å²) in [6, 6.07) is 16.2. The van der Waals surface area contributed by atoms with E-state index in [1.54, 1.807) is 36.7 Å². The van der Waals surface area contributed by atoms with Crippen molar-refractivity contribution in [3.8, 4) is 17.1 Å². The standard InChI is InChI=1S/C18H15N3O2/c22-16-8-6-13(7-9-16)10-17(23)21-15-11-19-18(20-12-15)14-4-2-1-3-5-14/h1-9,11-12,22H,10H2,(H,21,23). The van der Waals surface area contributed by atoms with E-state index in [4.69, 9.17) is 0 Å². The van der Waals surface area contributed by atoms with Crippen LogP contribution in [0.15, 0.2) is 67.0 Å². The number of carbonyl (C=O) groups is 1. The molecule has 0 fully saturated rings. The van der Waals surface area contributed by atoms with Crippen LogP contribution in [-0.2, 0) is 11.2 Å². The first kappa shape index (κ1) is 14.7. The molecule has 2 aromatic carbocycles. The largest absolute Gasteiger partial charge is 0.508 e. The molecule has 0 aliphatic carbocycles. The first-order chi connectivity index (χ1) is 11.2. The van der Waals surface area contributed by atoms with Crippen LogP contribution in [0, 0.1) is 0 Å². The van der Waals surface area contributed by atoms with Gasteiger partial charge in [0.05, 0.1) is 24.5 Å². The number of phenolic OH excluding ortho intramolecular Hbond substituents is 1. The Bertz CT molecular complexity index is 785. The number of anilines is 1. The van der Waals surface area contributed by atoms with Crippen LogP contribution in [0.1, 0.15) is 5.56 Å². The van der Waals surface area contributed by atoms with Crippen LogP contribution in [0.4, 0.5) is 5.69 Å². The van der Waals surface area contributed by atoms with Crippen molar-refractivity contribution < 1.29 is 9.90 Å². The second kappa shape index (κ2) is 6.70. The predicted molar refractivity (Wildman–Crippen MR) is 87.9 cm³/mol. The molecule has 1 aromatic heterocycles. The van der Waals surface area contributed by atoms with Crippen molar-refractivity contribution in [1.82, 2.24) is 9.97 Å². The minimum absolute atomic E-state index is 0.160. The number of hydrogen-bond acceptors (Lipinski definition) is 4. The molecule has 0 aliphatic heterocycles. The van der Waals surface area contributed by atoms with Crippen molar-refractivity contribution in [3.63, 3.8) is 0 Å². The number of phenols is 1. The molecule has 0 bridgehead atoms. The predicted octanol–water partition coefficient (Wildman–Crippen LogP) is 3.03. The third kappa shape index (κ3) is 3.91. The van der Waals surface area contributed by atoms with E-state index < -0.39 is 0 Å². The molecule has 23 heavy (non-hydrogen) atoms. The Balaban J connectivity index is 1.64. The van der Waals surface area contributed by atoms with Crippen LogP contribution in [0.5, 0.6) is 5.75 Å². The van der Waals surface area contributed by atoms with Crippen LogP contribution >= 0.6 is 0 Å². The lowest BCUT2D eigenvalue weighted by atomic mass is 10.1. The molecular weight excluding hydrogens is 290 g/mol. The number of rotatable bonds is 4. The highest BCUT2D eigenvalue weighted by atomic mass is 16.3.